The fourth-order valence-electron chi connectivity index (χ4n) is 4.37. The minimum absolute atomic E-state index is 0.0186. The number of rotatable bonds is 20. The van der Waals surface area contributed by atoms with Gasteiger partial charge in [-0.3, -0.25) is 19.7 Å². The molecule has 6 N–H and O–H groups in total. The topological polar surface area (TPSA) is 198 Å². The van der Waals surface area contributed by atoms with Crippen LogP contribution >= 0.6 is 0 Å². The lowest BCUT2D eigenvalue weighted by Gasteiger charge is -2.22. The van der Waals surface area contributed by atoms with E-state index in [4.69, 9.17) is 15.2 Å². The Morgan fingerprint density at radius 1 is 1.09 bits per heavy atom. The highest BCUT2D eigenvalue weighted by Gasteiger charge is 2.48. The van der Waals surface area contributed by atoms with Crippen molar-refractivity contribution < 1.29 is 37.1 Å². The van der Waals surface area contributed by atoms with E-state index in [-0.39, 0.29) is 54.6 Å². The third kappa shape index (κ3) is 14.0. The molecule has 1 fully saturated rings. The van der Waals surface area contributed by atoms with Crippen molar-refractivity contribution in [2.24, 2.45) is 11.7 Å². The molecular weight excluding hydrogens is 578 g/mol. The van der Waals surface area contributed by atoms with Crippen molar-refractivity contribution in [1.29, 1.82) is 0 Å². The summed E-state index contributed by atoms with van der Waals surface area (Å²) in [4.78, 5) is 47.9. The fourth-order valence-corrected chi connectivity index (χ4v) is 5.14. The summed E-state index contributed by atoms with van der Waals surface area (Å²) in [6, 6.07) is 5.30. The molecule has 1 aromatic rings. The van der Waals surface area contributed by atoms with Crippen LogP contribution in [0.15, 0.2) is 36.3 Å². The summed E-state index contributed by atoms with van der Waals surface area (Å²) in [5.41, 5.74) is 6.48. The van der Waals surface area contributed by atoms with Gasteiger partial charge in [-0.25, -0.2) is 13.2 Å². The molecule has 0 aliphatic carbocycles. The number of amides is 4. The Hall–Kier alpha value is -3.49. The fraction of sp³-hybridized carbons (Fsp3) is 0.586. The molecule has 1 aliphatic rings. The van der Waals surface area contributed by atoms with Crippen molar-refractivity contribution in [3.63, 3.8) is 0 Å². The second kappa shape index (κ2) is 17.6. The number of sulfone groups is 1. The van der Waals surface area contributed by atoms with Gasteiger partial charge in [-0.2, -0.15) is 0 Å². The van der Waals surface area contributed by atoms with Crippen molar-refractivity contribution in [3.8, 4) is 0 Å². The summed E-state index contributed by atoms with van der Waals surface area (Å²) in [5.74, 6) is -0.763. The summed E-state index contributed by atoms with van der Waals surface area (Å²) in [6.07, 6.45) is 1.93. The van der Waals surface area contributed by atoms with E-state index >= 15 is 0 Å². The minimum Gasteiger partial charge on any atom is -0.461 e. The molecule has 14 heteroatoms. The van der Waals surface area contributed by atoms with E-state index in [0.29, 0.717) is 44.3 Å². The Balaban J connectivity index is 1.93. The lowest BCUT2D eigenvalue weighted by molar-refractivity contribution is -0.142. The number of carbonyl (C=O) groups is 4. The molecule has 0 radical (unpaired) electrons. The van der Waals surface area contributed by atoms with Gasteiger partial charge in [0.15, 0.2) is 9.84 Å². The zero-order chi connectivity index (χ0) is 32.0. The molecule has 1 aromatic carbocycles. The summed E-state index contributed by atoms with van der Waals surface area (Å²) < 4.78 is 33.9. The summed E-state index contributed by atoms with van der Waals surface area (Å²) in [6.45, 7) is 8.99. The maximum absolute atomic E-state index is 13.2. The molecule has 1 heterocycles. The van der Waals surface area contributed by atoms with Gasteiger partial charge >= 0.3 is 12.0 Å². The molecule has 4 atom stereocenters. The molecule has 2 rings (SSSR count). The van der Waals surface area contributed by atoms with Gasteiger partial charge in [-0.15, -0.1) is 0 Å². The zero-order valence-corrected chi connectivity index (χ0v) is 25.9. The summed E-state index contributed by atoms with van der Waals surface area (Å²) in [5, 5.41) is 12.6. The summed E-state index contributed by atoms with van der Waals surface area (Å²) >= 11 is 0. The predicted octanol–water partition coefficient (Wildman–Crippen LogP) is 2.08. The lowest BCUT2D eigenvalue weighted by Crippen LogP contribution is -2.47. The van der Waals surface area contributed by atoms with Crippen LogP contribution < -0.4 is 27.0 Å². The standard InChI is InChI=1S/C29H45N5O8S/c1-5-43(39,40)17-8-6-7-11-24(36)34-25(19(2)3)26-28(42-26)33-23(10-9-16-31-29(30)38)27(37)32-22-14-12-21(13-15-22)18-41-20(4)35/h5,12-15,19,23,25-26,28,33H,1,6-11,16-18H2,2-4H3,(H,32,37)(H,34,36)(H3,30,31,38)/t23-,25?,26?,28?/m0/s1. The molecule has 0 aromatic heterocycles. The SMILES string of the molecule is C=CS(=O)(=O)CCCCCC(=O)NC(C(C)C)C1OC1N[C@@H](CCCNC(N)=O)C(=O)Nc1ccc(COC(C)=O)cc1. The number of hydrogen-bond donors (Lipinski definition) is 5. The number of esters is 1. The van der Waals surface area contributed by atoms with Crippen LogP contribution in [-0.4, -0.2) is 68.9 Å². The number of hydrogen-bond acceptors (Lipinski definition) is 9. The van der Waals surface area contributed by atoms with Crippen molar-refractivity contribution in [1.82, 2.24) is 16.0 Å². The van der Waals surface area contributed by atoms with Crippen LogP contribution in [0.3, 0.4) is 0 Å². The molecular formula is C29H45N5O8S. The number of primary amides is 1. The zero-order valence-electron chi connectivity index (χ0n) is 25.1. The van der Waals surface area contributed by atoms with E-state index in [1.54, 1.807) is 24.3 Å². The third-order valence-corrected chi connectivity index (χ3v) is 8.19. The van der Waals surface area contributed by atoms with Crippen molar-refractivity contribution in [3.05, 3.63) is 41.8 Å². The molecule has 240 valence electrons. The van der Waals surface area contributed by atoms with E-state index in [1.807, 2.05) is 13.8 Å². The van der Waals surface area contributed by atoms with Crippen LogP contribution in [0.25, 0.3) is 0 Å². The first-order chi connectivity index (χ1) is 20.3. The van der Waals surface area contributed by atoms with E-state index < -0.39 is 28.1 Å². The average molecular weight is 624 g/mol. The molecule has 3 unspecified atom stereocenters. The molecule has 13 nitrogen and oxygen atoms in total. The second-order valence-corrected chi connectivity index (χ2v) is 12.9. The molecule has 0 spiro atoms. The number of carbonyl (C=O) groups excluding carboxylic acids is 4. The smallest absolute Gasteiger partial charge is 0.312 e. The van der Waals surface area contributed by atoms with Crippen LogP contribution in [0.5, 0.6) is 0 Å². The van der Waals surface area contributed by atoms with Gasteiger partial charge in [0.1, 0.15) is 18.9 Å². The number of ether oxygens (including phenoxy) is 2. The third-order valence-electron chi connectivity index (χ3n) is 6.83. The number of anilines is 1. The molecule has 43 heavy (non-hydrogen) atoms. The molecule has 0 saturated carbocycles. The highest BCUT2D eigenvalue weighted by atomic mass is 32.2. The lowest BCUT2D eigenvalue weighted by atomic mass is 9.99. The van der Waals surface area contributed by atoms with E-state index in [0.717, 1.165) is 11.0 Å². The Kier molecular flexibility index (Phi) is 14.6. The van der Waals surface area contributed by atoms with Crippen LogP contribution in [0, 0.1) is 5.92 Å². The van der Waals surface area contributed by atoms with Crippen LogP contribution in [0.4, 0.5) is 10.5 Å². The van der Waals surface area contributed by atoms with Crippen molar-refractivity contribution >= 4 is 39.3 Å². The van der Waals surface area contributed by atoms with E-state index in [2.05, 4.69) is 27.8 Å². The van der Waals surface area contributed by atoms with Crippen molar-refractivity contribution in [2.45, 2.75) is 90.3 Å². The van der Waals surface area contributed by atoms with Crippen molar-refractivity contribution in [2.75, 3.05) is 17.6 Å². The Bertz CT molecular complexity index is 1210. The Morgan fingerprint density at radius 3 is 2.40 bits per heavy atom. The Labute approximate surface area is 253 Å². The number of nitrogens with one attached hydrogen (secondary N) is 4. The number of unbranched alkanes of at least 4 members (excludes halogenated alkanes) is 2. The predicted molar refractivity (Wildman–Crippen MR) is 162 cm³/mol. The van der Waals surface area contributed by atoms with Gasteiger partial charge in [0, 0.05) is 31.0 Å². The normalized spacial score (nSPS) is 17.4. The highest BCUT2D eigenvalue weighted by molar-refractivity contribution is 7.94. The first-order valence-electron chi connectivity index (χ1n) is 14.4. The average Bonchev–Trinajstić information content (AvgIpc) is 3.70. The number of benzene rings is 1. The van der Waals surface area contributed by atoms with Crippen LogP contribution in [-0.2, 0) is 40.3 Å². The molecule has 1 saturated heterocycles. The largest absolute Gasteiger partial charge is 0.461 e. The van der Waals surface area contributed by atoms with Gasteiger partial charge in [-0.05, 0) is 49.3 Å². The molecule has 0 bridgehead atoms. The van der Waals surface area contributed by atoms with Gasteiger partial charge in [0.25, 0.3) is 0 Å². The number of urea groups is 1. The molecule has 4 amide bonds. The highest BCUT2D eigenvalue weighted by Crippen LogP contribution is 2.28. The summed E-state index contributed by atoms with van der Waals surface area (Å²) in [7, 11) is -3.24. The maximum Gasteiger partial charge on any atom is 0.312 e. The van der Waals surface area contributed by atoms with Gasteiger partial charge < -0.3 is 31.2 Å². The molecule has 1 aliphatic heterocycles. The van der Waals surface area contributed by atoms with Crippen LogP contribution in [0.2, 0.25) is 0 Å². The monoisotopic (exact) mass is 623 g/mol. The van der Waals surface area contributed by atoms with Gasteiger partial charge in [0.2, 0.25) is 11.8 Å². The van der Waals surface area contributed by atoms with Crippen LogP contribution in [0.1, 0.15) is 64.9 Å². The second-order valence-electron chi connectivity index (χ2n) is 10.8. The van der Waals surface area contributed by atoms with Gasteiger partial charge in [-0.1, -0.05) is 39.0 Å². The minimum atomic E-state index is -3.24. The van der Waals surface area contributed by atoms with E-state index in [1.165, 1.54) is 6.92 Å². The quantitative estimate of drug-likeness (QED) is 0.0820. The maximum atomic E-state index is 13.2. The number of epoxide rings is 1. The Morgan fingerprint density at radius 2 is 1.79 bits per heavy atom. The van der Waals surface area contributed by atoms with E-state index in [9.17, 15) is 27.6 Å². The first kappa shape index (κ1) is 35.7. The van der Waals surface area contributed by atoms with Gasteiger partial charge in [0.05, 0.1) is 17.8 Å². The first-order valence-corrected chi connectivity index (χ1v) is 16.2. The number of nitrogens with two attached hydrogens (primary N) is 1.